The van der Waals surface area contributed by atoms with Crippen molar-refractivity contribution in [1.82, 2.24) is 0 Å². The summed E-state index contributed by atoms with van der Waals surface area (Å²) < 4.78 is 0. The smallest absolute Gasteiger partial charge is 0.0824 e. The lowest BCUT2D eigenvalue weighted by molar-refractivity contribution is 0.120. The third-order valence-electron chi connectivity index (χ3n) is 2.66. The summed E-state index contributed by atoms with van der Waals surface area (Å²) in [4.78, 5) is 0. The van der Waals surface area contributed by atoms with E-state index < -0.39 is 0 Å². The molecule has 1 nitrogen and oxygen atoms in total. The maximum atomic E-state index is 9.97. The summed E-state index contributed by atoms with van der Waals surface area (Å²) in [5, 5.41) is 9.97. The zero-order valence-corrected chi connectivity index (χ0v) is 7.77. The van der Waals surface area contributed by atoms with Crippen molar-refractivity contribution in [3.8, 4) is 0 Å². The van der Waals surface area contributed by atoms with E-state index in [0.29, 0.717) is 5.92 Å². The first-order valence-corrected chi connectivity index (χ1v) is 4.72. The largest absolute Gasteiger partial charge is 0.388 e. The van der Waals surface area contributed by atoms with Crippen LogP contribution < -0.4 is 0 Å². The zero-order valence-electron chi connectivity index (χ0n) is 7.77. The van der Waals surface area contributed by atoms with Crippen LogP contribution in [-0.4, -0.2) is 5.11 Å². The van der Waals surface area contributed by atoms with Crippen LogP contribution in [0.3, 0.4) is 0 Å². The Labute approximate surface area is 78.7 Å². The number of aliphatic hydroxyl groups excluding tert-OH is 1. The van der Waals surface area contributed by atoms with E-state index in [1.807, 2.05) is 24.3 Å². The molecule has 2 rings (SSSR count). The van der Waals surface area contributed by atoms with Crippen LogP contribution in [0.1, 0.15) is 30.6 Å². The van der Waals surface area contributed by atoms with Crippen LogP contribution in [0.5, 0.6) is 0 Å². The molecule has 0 amide bonds. The van der Waals surface area contributed by atoms with E-state index in [4.69, 9.17) is 0 Å². The van der Waals surface area contributed by atoms with Crippen molar-refractivity contribution in [1.29, 1.82) is 0 Å². The molecule has 0 aromatic heterocycles. The molecule has 1 aromatic rings. The monoisotopic (exact) mass is 174 g/mol. The minimum absolute atomic E-state index is 0.314. The van der Waals surface area contributed by atoms with Crippen molar-refractivity contribution >= 4 is 6.08 Å². The number of fused-ring (bicyclic) bond motifs is 1. The highest BCUT2D eigenvalue weighted by Gasteiger charge is 2.19. The molecule has 13 heavy (non-hydrogen) atoms. The molecule has 2 atom stereocenters. The summed E-state index contributed by atoms with van der Waals surface area (Å²) in [5.74, 6) is 0.319. The summed E-state index contributed by atoms with van der Waals surface area (Å²) in [6, 6.07) is 8.04. The van der Waals surface area contributed by atoms with Gasteiger partial charge >= 0.3 is 0 Å². The standard InChI is InChI=1S/C12H14O/c1-9-5-4-7-10-6-2-3-8-11(10)12(9)13/h2-4,6-9,12-13H,5H2,1H3/t9-,12+/m1/s1. The highest BCUT2D eigenvalue weighted by atomic mass is 16.3. The molecule has 1 N–H and O–H groups in total. The van der Waals surface area contributed by atoms with Gasteiger partial charge in [-0.25, -0.2) is 0 Å². The van der Waals surface area contributed by atoms with E-state index in [1.54, 1.807) is 0 Å². The van der Waals surface area contributed by atoms with Crippen molar-refractivity contribution in [2.45, 2.75) is 19.4 Å². The van der Waals surface area contributed by atoms with Gasteiger partial charge in [0.05, 0.1) is 6.10 Å². The Hall–Kier alpha value is -1.08. The predicted molar refractivity (Wildman–Crippen MR) is 54.2 cm³/mol. The molecule has 1 aromatic carbocycles. The molecule has 68 valence electrons. The van der Waals surface area contributed by atoms with E-state index in [1.165, 1.54) is 0 Å². The fourth-order valence-corrected chi connectivity index (χ4v) is 1.78. The number of aliphatic hydroxyl groups is 1. The molecule has 0 bridgehead atoms. The van der Waals surface area contributed by atoms with Crippen molar-refractivity contribution in [2.24, 2.45) is 5.92 Å². The summed E-state index contributed by atoms with van der Waals surface area (Å²) in [6.45, 7) is 2.08. The second-order valence-electron chi connectivity index (χ2n) is 3.69. The van der Waals surface area contributed by atoms with E-state index in [2.05, 4.69) is 19.1 Å². The summed E-state index contributed by atoms with van der Waals surface area (Å²) in [5.41, 5.74) is 2.21. The molecule has 0 heterocycles. The SMILES string of the molecule is C[C@@H]1CC=Cc2ccccc2[C@H]1O. The predicted octanol–water partition coefficient (Wildman–Crippen LogP) is 2.77. The van der Waals surface area contributed by atoms with Gasteiger partial charge in [0.15, 0.2) is 0 Å². The molecule has 1 heteroatoms. The molecule has 0 saturated heterocycles. The van der Waals surface area contributed by atoms with Crippen LogP contribution in [0.4, 0.5) is 0 Å². The number of hydrogen-bond donors (Lipinski definition) is 1. The highest BCUT2D eigenvalue weighted by Crippen LogP contribution is 2.30. The third kappa shape index (κ3) is 1.52. The first-order valence-electron chi connectivity index (χ1n) is 4.72. The molecular formula is C12H14O. The van der Waals surface area contributed by atoms with Crippen LogP contribution in [0.2, 0.25) is 0 Å². The van der Waals surface area contributed by atoms with E-state index >= 15 is 0 Å². The number of benzene rings is 1. The van der Waals surface area contributed by atoms with Crippen molar-refractivity contribution in [3.63, 3.8) is 0 Å². The number of allylic oxidation sites excluding steroid dienone is 1. The average Bonchev–Trinajstić information content (AvgIpc) is 2.29. The summed E-state index contributed by atoms with van der Waals surface area (Å²) in [6.07, 6.45) is 4.88. The molecule has 1 aliphatic rings. The Bertz CT molecular complexity index is 328. The maximum absolute atomic E-state index is 9.97. The van der Waals surface area contributed by atoms with Gasteiger partial charge in [0.25, 0.3) is 0 Å². The highest BCUT2D eigenvalue weighted by molar-refractivity contribution is 5.55. The Kier molecular flexibility index (Phi) is 2.19. The number of hydrogen-bond acceptors (Lipinski definition) is 1. The molecule has 0 unspecified atom stereocenters. The van der Waals surface area contributed by atoms with Crippen LogP contribution in [-0.2, 0) is 0 Å². The molecular weight excluding hydrogens is 160 g/mol. The minimum Gasteiger partial charge on any atom is -0.388 e. The normalized spacial score (nSPS) is 26.6. The van der Waals surface area contributed by atoms with Crippen LogP contribution >= 0.6 is 0 Å². The molecule has 0 saturated carbocycles. The van der Waals surface area contributed by atoms with Gasteiger partial charge in [-0.15, -0.1) is 0 Å². The summed E-state index contributed by atoms with van der Waals surface area (Å²) >= 11 is 0. The van der Waals surface area contributed by atoms with Gasteiger partial charge in [-0.3, -0.25) is 0 Å². The lowest BCUT2D eigenvalue weighted by atomic mass is 9.95. The summed E-state index contributed by atoms with van der Waals surface area (Å²) in [7, 11) is 0. The van der Waals surface area contributed by atoms with Gasteiger partial charge in [0.2, 0.25) is 0 Å². The quantitative estimate of drug-likeness (QED) is 0.641. The Morgan fingerprint density at radius 2 is 2.08 bits per heavy atom. The Morgan fingerprint density at radius 3 is 2.92 bits per heavy atom. The average molecular weight is 174 g/mol. The third-order valence-corrected chi connectivity index (χ3v) is 2.66. The molecule has 0 fully saturated rings. The zero-order chi connectivity index (χ0) is 9.26. The Morgan fingerprint density at radius 1 is 1.31 bits per heavy atom. The molecule has 0 aliphatic heterocycles. The van der Waals surface area contributed by atoms with Gasteiger partial charge < -0.3 is 5.11 Å². The van der Waals surface area contributed by atoms with Gasteiger partial charge in [0.1, 0.15) is 0 Å². The van der Waals surface area contributed by atoms with Gasteiger partial charge in [0, 0.05) is 0 Å². The van der Waals surface area contributed by atoms with Crippen LogP contribution in [0, 0.1) is 5.92 Å². The van der Waals surface area contributed by atoms with E-state index in [-0.39, 0.29) is 6.10 Å². The fraction of sp³-hybridized carbons (Fsp3) is 0.333. The van der Waals surface area contributed by atoms with Gasteiger partial charge in [-0.2, -0.15) is 0 Å². The fourth-order valence-electron chi connectivity index (χ4n) is 1.78. The van der Waals surface area contributed by atoms with Crippen LogP contribution in [0.15, 0.2) is 30.3 Å². The van der Waals surface area contributed by atoms with Gasteiger partial charge in [-0.05, 0) is 23.5 Å². The maximum Gasteiger partial charge on any atom is 0.0824 e. The molecule has 0 radical (unpaired) electrons. The van der Waals surface area contributed by atoms with E-state index in [0.717, 1.165) is 17.5 Å². The minimum atomic E-state index is -0.314. The number of rotatable bonds is 0. The topological polar surface area (TPSA) is 20.2 Å². The first kappa shape index (κ1) is 8.52. The first-order chi connectivity index (χ1) is 6.29. The lowest BCUT2D eigenvalue weighted by Gasteiger charge is -2.17. The van der Waals surface area contributed by atoms with Crippen molar-refractivity contribution in [3.05, 3.63) is 41.5 Å². The van der Waals surface area contributed by atoms with Crippen LogP contribution in [0.25, 0.3) is 6.08 Å². The van der Waals surface area contributed by atoms with Gasteiger partial charge in [-0.1, -0.05) is 43.3 Å². The molecule has 0 spiro atoms. The molecule has 1 aliphatic carbocycles. The second-order valence-corrected chi connectivity index (χ2v) is 3.69. The van der Waals surface area contributed by atoms with Crippen molar-refractivity contribution in [2.75, 3.05) is 0 Å². The Balaban J connectivity index is 2.48. The van der Waals surface area contributed by atoms with E-state index in [9.17, 15) is 5.11 Å². The second kappa shape index (κ2) is 3.35. The lowest BCUT2D eigenvalue weighted by Crippen LogP contribution is -2.07. The van der Waals surface area contributed by atoms with Crippen molar-refractivity contribution < 1.29 is 5.11 Å².